The number of anilines is 2. The minimum absolute atomic E-state index is 0.0795. The van der Waals surface area contributed by atoms with Crippen molar-refractivity contribution in [3.63, 3.8) is 0 Å². The van der Waals surface area contributed by atoms with Gasteiger partial charge in [-0.3, -0.25) is 14.5 Å². The number of fused-ring (bicyclic) bond motifs is 1. The van der Waals surface area contributed by atoms with Gasteiger partial charge in [0.2, 0.25) is 11.8 Å². The number of nitrogens with zero attached hydrogens (tertiary/aromatic N) is 4. The van der Waals surface area contributed by atoms with Gasteiger partial charge in [-0.15, -0.1) is 0 Å². The van der Waals surface area contributed by atoms with Gasteiger partial charge in [-0.05, 0) is 61.1 Å². The Hall–Kier alpha value is -2.68. The molecule has 1 atom stereocenters. The molecule has 0 radical (unpaired) electrons. The molecule has 0 aliphatic carbocycles. The largest absolute Gasteiger partial charge is 0.370 e. The van der Waals surface area contributed by atoms with Crippen molar-refractivity contribution in [3.05, 3.63) is 12.1 Å². The maximum absolute atomic E-state index is 12.8. The second kappa shape index (κ2) is 8.14. The van der Waals surface area contributed by atoms with Gasteiger partial charge in [0.1, 0.15) is 0 Å². The van der Waals surface area contributed by atoms with Gasteiger partial charge in [-0.25, -0.2) is 4.63 Å². The van der Waals surface area contributed by atoms with E-state index in [4.69, 9.17) is 10.4 Å². The number of carbonyl (C=O) groups excluding carboxylic acids is 2. The molecular weight excluding hydrogens is 360 g/mol. The summed E-state index contributed by atoms with van der Waals surface area (Å²) in [6.07, 6.45) is 5.22. The second-order valence-electron chi connectivity index (χ2n) is 7.67. The summed E-state index contributed by atoms with van der Waals surface area (Å²) in [6.45, 7) is 3.48. The first-order valence-corrected chi connectivity index (χ1v) is 9.93. The zero-order chi connectivity index (χ0) is 19.5. The number of nitrogens with one attached hydrogen (secondary N) is 1. The van der Waals surface area contributed by atoms with E-state index in [1.807, 2.05) is 17.0 Å². The van der Waals surface area contributed by atoms with Gasteiger partial charge in [0.05, 0.1) is 23.8 Å². The van der Waals surface area contributed by atoms with Crippen molar-refractivity contribution in [1.29, 1.82) is 0 Å². The molecule has 0 spiro atoms. The smallest absolute Gasteiger partial charge is 0.231 e. The molecule has 0 saturated carbocycles. The summed E-state index contributed by atoms with van der Waals surface area (Å²) in [6, 6.07) is 3.85. The van der Waals surface area contributed by atoms with E-state index in [0.29, 0.717) is 23.3 Å². The lowest BCUT2D eigenvalue weighted by Gasteiger charge is -2.31. The van der Waals surface area contributed by atoms with Gasteiger partial charge >= 0.3 is 0 Å². The quantitative estimate of drug-likeness (QED) is 0.796. The van der Waals surface area contributed by atoms with Gasteiger partial charge < -0.3 is 16.0 Å². The summed E-state index contributed by atoms with van der Waals surface area (Å²) in [5, 5.41) is 11.1. The fourth-order valence-corrected chi connectivity index (χ4v) is 4.21. The van der Waals surface area contributed by atoms with Crippen LogP contribution in [0.25, 0.3) is 11.0 Å². The summed E-state index contributed by atoms with van der Waals surface area (Å²) >= 11 is 0. The number of benzene rings is 1. The average molecular weight is 386 g/mol. The third kappa shape index (κ3) is 3.94. The number of aromatic nitrogens is 2. The monoisotopic (exact) mass is 386 g/mol. The van der Waals surface area contributed by atoms with E-state index in [2.05, 4.69) is 20.5 Å². The Balaban J connectivity index is 1.49. The number of piperidine rings is 2. The molecule has 0 bridgehead atoms. The third-order valence-corrected chi connectivity index (χ3v) is 5.60. The molecule has 3 heterocycles. The number of likely N-dealkylation sites (tertiary alicyclic amines) is 1. The van der Waals surface area contributed by atoms with Gasteiger partial charge in [-0.1, -0.05) is 0 Å². The molecule has 4 rings (SSSR count). The molecule has 2 amide bonds. The molecule has 2 aliphatic heterocycles. The van der Waals surface area contributed by atoms with E-state index in [-0.39, 0.29) is 24.3 Å². The summed E-state index contributed by atoms with van der Waals surface area (Å²) in [5.41, 5.74) is 8.14. The Bertz CT molecular complexity index is 860. The second-order valence-corrected chi connectivity index (χ2v) is 7.67. The van der Waals surface area contributed by atoms with Crippen LogP contribution in [0.1, 0.15) is 32.1 Å². The predicted molar refractivity (Wildman–Crippen MR) is 105 cm³/mol. The first kappa shape index (κ1) is 18.7. The predicted octanol–water partition coefficient (Wildman–Crippen LogP) is 1.35. The number of nitrogens with two attached hydrogens (primary N) is 1. The van der Waals surface area contributed by atoms with E-state index in [0.717, 1.165) is 51.0 Å². The zero-order valence-corrected chi connectivity index (χ0v) is 15.9. The molecule has 1 unspecified atom stereocenters. The summed E-state index contributed by atoms with van der Waals surface area (Å²) < 4.78 is 4.99. The van der Waals surface area contributed by atoms with Crippen LogP contribution in [0.15, 0.2) is 16.8 Å². The molecule has 28 heavy (non-hydrogen) atoms. The van der Waals surface area contributed by atoms with Crippen LogP contribution in [0.5, 0.6) is 0 Å². The molecule has 1 aromatic heterocycles. The highest BCUT2D eigenvalue weighted by Gasteiger charge is 2.27. The number of amides is 2. The van der Waals surface area contributed by atoms with E-state index in [1.54, 1.807) is 0 Å². The Labute approximate surface area is 163 Å². The van der Waals surface area contributed by atoms with Crippen molar-refractivity contribution in [1.82, 2.24) is 15.2 Å². The minimum atomic E-state index is -0.371. The van der Waals surface area contributed by atoms with Gasteiger partial charge in [0, 0.05) is 19.6 Å². The Morgan fingerprint density at radius 2 is 1.89 bits per heavy atom. The third-order valence-electron chi connectivity index (χ3n) is 5.60. The van der Waals surface area contributed by atoms with Crippen LogP contribution in [0, 0.1) is 5.92 Å². The lowest BCUT2D eigenvalue weighted by molar-refractivity contribution is -0.124. The molecule has 2 aliphatic rings. The fraction of sp³-hybridized carbons (Fsp3) is 0.579. The van der Waals surface area contributed by atoms with Crippen molar-refractivity contribution in [2.24, 2.45) is 11.7 Å². The standard InChI is InChI=1S/C19H26N6O3/c20-16(26)12-24-8-4-5-13(11-24)19(27)21-14-6-7-15(18-17(14)22-28-23-18)25-9-2-1-3-10-25/h6-7,13H,1-5,8-12H2,(H2,20,26)(H,21,27). The first-order valence-electron chi connectivity index (χ1n) is 9.93. The van der Waals surface area contributed by atoms with Crippen LogP contribution in [-0.4, -0.2) is 59.8 Å². The summed E-state index contributed by atoms with van der Waals surface area (Å²) in [4.78, 5) is 28.2. The zero-order valence-electron chi connectivity index (χ0n) is 15.9. The van der Waals surface area contributed by atoms with Gasteiger partial charge in [-0.2, -0.15) is 0 Å². The maximum Gasteiger partial charge on any atom is 0.231 e. The first-order chi connectivity index (χ1) is 13.6. The van der Waals surface area contributed by atoms with E-state index in [9.17, 15) is 9.59 Å². The fourth-order valence-electron chi connectivity index (χ4n) is 4.21. The minimum Gasteiger partial charge on any atom is -0.370 e. The Morgan fingerprint density at radius 1 is 1.11 bits per heavy atom. The maximum atomic E-state index is 12.8. The molecule has 9 heteroatoms. The molecule has 1 aromatic carbocycles. The highest BCUT2D eigenvalue weighted by molar-refractivity contribution is 6.03. The molecule has 3 N–H and O–H groups in total. The number of rotatable bonds is 5. The normalized spacial score (nSPS) is 21.0. The topological polar surface area (TPSA) is 118 Å². The lowest BCUT2D eigenvalue weighted by Crippen LogP contribution is -2.44. The van der Waals surface area contributed by atoms with Crippen LogP contribution in [-0.2, 0) is 9.59 Å². The number of hydrogen-bond donors (Lipinski definition) is 2. The molecule has 2 saturated heterocycles. The summed E-state index contributed by atoms with van der Waals surface area (Å²) in [7, 11) is 0. The molecule has 2 aromatic rings. The van der Waals surface area contributed by atoms with Crippen molar-refractivity contribution in [3.8, 4) is 0 Å². The van der Waals surface area contributed by atoms with Crippen LogP contribution >= 0.6 is 0 Å². The van der Waals surface area contributed by atoms with Crippen LogP contribution in [0.4, 0.5) is 11.4 Å². The van der Waals surface area contributed by atoms with Crippen molar-refractivity contribution in [2.75, 3.05) is 42.9 Å². The van der Waals surface area contributed by atoms with E-state index >= 15 is 0 Å². The van der Waals surface area contributed by atoms with Crippen LogP contribution in [0.2, 0.25) is 0 Å². The van der Waals surface area contributed by atoms with Gasteiger partial charge in [0.15, 0.2) is 11.0 Å². The molecule has 2 fully saturated rings. The number of primary amides is 1. The number of hydrogen-bond acceptors (Lipinski definition) is 7. The number of carbonyl (C=O) groups is 2. The lowest BCUT2D eigenvalue weighted by atomic mass is 9.97. The van der Waals surface area contributed by atoms with Crippen LogP contribution < -0.4 is 16.0 Å². The SMILES string of the molecule is NC(=O)CN1CCCC(C(=O)Nc2ccc(N3CCCCC3)c3nonc23)C1. The Kier molecular flexibility index (Phi) is 5.43. The van der Waals surface area contributed by atoms with E-state index in [1.165, 1.54) is 6.42 Å². The average Bonchev–Trinajstić information content (AvgIpc) is 3.19. The van der Waals surface area contributed by atoms with Crippen molar-refractivity contribution in [2.45, 2.75) is 32.1 Å². The molecule has 150 valence electrons. The van der Waals surface area contributed by atoms with Crippen LogP contribution in [0.3, 0.4) is 0 Å². The van der Waals surface area contributed by atoms with Crippen molar-refractivity contribution >= 4 is 34.2 Å². The van der Waals surface area contributed by atoms with Crippen molar-refractivity contribution < 1.29 is 14.2 Å². The highest BCUT2D eigenvalue weighted by atomic mass is 16.6. The highest BCUT2D eigenvalue weighted by Crippen LogP contribution is 2.32. The Morgan fingerprint density at radius 3 is 2.68 bits per heavy atom. The summed E-state index contributed by atoms with van der Waals surface area (Å²) in [5.74, 6) is -0.640. The van der Waals surface area contributed by atoms with E-state index < -0.39 is 0 Å². The van der Waals surface area contributed by atoms with Gasteiger partial charge in [0.25, 0.3) is 0 Å². The molecular formula is C19H26N6O3. The molecule has 9 nitrogen and oxygen atoms in total.